The van der Waals surface area contributed by atoms with Crippen molar-refractivity contribution in [2.24, 2.45) is 5.41 Å². The normalized spacial score (nSPS) is 22.2. The van der Waals surface area contributed by atoms with E-state index < -0.39 is 11.4 Å². The monoisotopic (exact) mass is 286 g/mol. The van der Waals surface area contributed by atoms with E-state index in [9.17, 15) is 19.5 Å². The van der Waals surface area contributed by atoms with Crippen LogP contribution in [0.1, 0.15) is 33.1 Å². The Morgan fingerprint density at radius 2 is 2.10 bits per heavy atom. The lowest BCUT2D eigenvalue weighted by atomic mass is 9.82. The third-order valence-corrected chi connectivity index (χ3v) is 3.41. The van der Waals surface area contributed by atoms with Crippen molar-refractivity contribution in [2.75, 3.05) is 26.2 Å². The lowest BCUT2D eigenvalue weighted by Crippen LogP contribution is -2.51. The molecule has 1 aliphatic heterocycles. The molecular weight excluding hydrogens is 264 g/mol. The summed E-state index contributed by atoms with van der Waals surface area (Å²) in [7, 11) is 0. The zero-order chi connectivity index (χ0) is 15.2. The van der Waals surface area contributed by atoms with Crippen LogP contribution in [0.5, 0.6) is 0 Å². The molecule has 20 heavy (non-hydrogen) atoms. The Morgan fingerprint density at radius 3 is 2.70 bits per heavy atom. The number of aliphatic carboxylic acids is 1. The first-order valence-corrected chi connectivity index (χ1v) is 6.81. The fraction of sp³-hybridized carbons (Fsp3) is 0.769. The number of hydrogen-bond donors (Lipinski definition) is 2. The molecule has 0 aromatic carbocycles. The van der Waals surface area contributed by atoms with Crippen LogP contribution < -0.4 is 5.32 Å². The van der Waals surface area contributed by atoms with E-state index in [0.717, 1.165) is 0 Å². The Balaban J connectivity index is 2.40. The number of esters is 1. The molecule has 1 rings (SSSR count). The first kappa shape index (κ1) is 16.3. The molecule has 0 aliphatic carbocycles. The number of nitrogens with one attached hydrogen (secondary N) is 1. The summed E-state index contributed by atoms with van der Waals surface area (Å²) in [5.74, 6) is -1.25. The number of amides is 2. The number of likely N-dealkylation sites (tertiary alicyclic amines) is 1. The maximum atomic E-state index is 11.9. The number of piperidine rings is 1. The summed E-state index contributed by atoms with van der Waals surface area (Å²) in [6, 6.07) is -0.332. The second kappa shape index (κ2) is 7.12. The highest BCUT2D eigenvalue weighted by Gasteiger charge is 2.39. The first-order valence-electron chi connectivity index (χ1n) is 6.81. The molecule has 0 aromatic rings. The third kappa shape index (κ3) is 4.40. The van der Waals surface area contributed by atoms with Crippen molar-refractivity contribution >= 4 is 18.0 Å². The van der Waals surface area contributed by atoms with Crippen molar-refractivity contribution in [3.05, 3.63) is 0 Å². The summed E-state index contributed by atoms with van der Waals surface area (Å²) >= 11 is 0. The maximum absolute atomic E-state index is 11.9. The number of ether oxygens (including phenoxy) is 1. The number of rotatable bonds is 5. The molecule has 0 bridgehead atoms. The van der Waals surface area contributed by atoms with Crippen LogP contribution in [0.25, 0.3) is 0 Å². The van der Waals surface area contributed by atoms with Gasteiger partial charge in [0, 0.05) is 19.6 Å². The van der Waals surface area contributed by atoms with Crippen LogP contribution >= 0.6 is 0 Å². The molecule has 1 unspecified atom stereocenters. The zero-order valence-corrected chi connectivity index (χ0v) is 12.0. The molecule has 1 fully saturated rings. The van der Waals surface area contributed by atoms with Crippen LogP contribution in [0.3, 0.4) is 0 Å². The molecule has 7 heteroatoms. The fourth-order valence-corrected chi connectivity index (χ4v) is 2.20. The summed E-state index contributed by atoms with van der Waals surface area (Å²) in [5, 5.41) is 11.8. The average molecular weight is 286 g/mol. The minimum absolute atomic E-state index is 0.115. The van der Waals surface area contributed by atoms with Crippen molar-refractivity contribution < 1.29 is 24.2 Å². The molecule has 1 aliphatic rings. The Morgan fingerprint density at radius 1 is 1.40 bits per heavy atom. The smallest absolute Gasteiger partial charge is 0.317 e. The van der Waals surface area contributed by atoms with E-state index in [2.05, 4.69) is 5.32 Å². The Labute approximate surface area is 118 Å². The third-order valence-electron chi connectivity index (χ3n) is 3.41. The Kier molecular flexibility index (Phi) is 5.79. The molecule has 114 valence electrons. The largest absolute Gasteiger partial charge is 0.481 e. The molecule has 7 nitrogen and oxygen atoms in total. The molecule has 2 amide bonds. The summed E-state index contributed by atoms with van der Waals surface area (Å²) < 4.78 is 4.75. The van der Waals surface area contributed by atoms with Gasteiger partial charge in [-0.3, -0.25) is 9.59 Å². The van der Waals surface area contributed by atoms with Gasteiger partial charge in [-0.15, -0.1) is 0 Å². The highest BCUT2D eigenvalue weighted by atomic mass is 16.5. The first-order chi connectivity index (χ1) is 9.39. The SMILES string of the molecule is CCOC(=O)CCNC(=O)N1CCCC(C)(C(=O)O)C1. The van der Waals surface area contributed by atoms with Crippen LogP contribution in [-0.2, 0) is 14.3 Å². The lowest BCUT2D eigenvalue weighted by molar-refractivity contribution is -0.150. The highest BCUT2D eigenvalue weighted by molar-refractivity contribution is 5.79. The number of carbonyl (C=O) groups is 3. The fourth-order valence-electron chi connectivity index (χ4n) is 2.20. The van der Waals surface area contributed by atoms with Crippen molar-refractivity contribution in [3.63, 3.8) is 0 Å². The summed E-state index contributed by atoms with van der Waals surface area (Å²) in [6.45, 7) is 4.60. The summed E-state index contributed by atoms with van der Waals surface area (Å²) in [5.41, 5.74) is -0.892. The van der Waals surface area contributed by atoms with Crippen LogP contribution in [0, 0.1) is 5.41 Å². The van der Waals surface area contributed by atoms with Crippen molar-refractivity contribution in [1.29, 1.82) is 0 Å². The predicted octanol–water partition coefficient (Wildman–Crippen LogP) is 0.836. The van der Waals surface area contributed by atoms with Crippen molar-refractivity contribution in [3.8, 4) is 0 Å². The van der Waals surface area contributed by atoms with Gasteiger partial charge >= 0.3 is 18.0 Å². The number of carboxylic acids is 1. The van der Waals surface area contributed by atoms with E-state index in [1.807, 2.05) is 0 Å². The van der Waals surface area contributed by atoms with E-state index in [4.69, 9.17) is 4.74 Å². The van der Waals surface area contributed by atoms with Gasteiger partial charge in [0.25, 0.3) is 0 Å². The number of urea groups is 1. The van der Waals surface area contributed by atoms with Crippen molar-refractivity contribution in [1.82, 2.24) is 10.2 Å². The molecule has 1 atom stereocenters. The molecule has 0 spiro atoms. The Hall–Kier alpha value is -1.79. The van der Waals surface area contributed by atoms with E-state index in [1.54, 1.807) is 13.8 Å². The van der Waals surface area contributed by atoms with Gasteiger partial charge in [-0.05, 0) is 26.7 Å². The number of carbonyl (C=O) groups excluding carboxylic acids is 2. The zero-order valence-electron chi connectivity index (χ0n) is 12.0. The van der Waals surface area contributed by atoms with Crippen LogP contribution in [0.15, 0.2) is 0 Å². The number of hydrogen-bond acceptors (Lipinski definition) is 4. The van der Waals surface area contributed by atoms with Gasteiger partial charge in [-0.2, -0.15) is 0 Å². The number of nitrogens with zero attached hydrogens (tertiary/aromatic N) is 1. The highest BCUT2D eigenvalue weighted by Crippen LogP contribution is 2.29. The lowest BCUT2D eigenvalue weighted by Gasteiger charge is -2.37. The minimum Gasteiger partial charge on any atom is -0.481 e. The van der Waals surface area contributed by atoms with E-state index in [-0.39, 0.29) is 31.5 Å². The van der Waals surface area contributed by atoms with Gasteiger partial charge in [0.15, 0.2) is 0 Å². The van der Waals surface area contributed by atoms with Gasteiger partial charge in [-0.1, -0.05) is 0 Å². The van der Waals surface area contributed by atoms with Gasteiger partial charge in [0.1, 0.15) is 0 Å². The van der Waals surface area contributed by atoms with E-state index >= 15 is 0 Å². The predicted molar refractivity (Wildman–Crippen MR) is 71.2 cm³/mol. The molecule has 0 radical (unpaired) electrons. The van der Waals surface area contributed by atoms with E-state index in [1.165, 1.54) is 4.90 Å². The van der Waals surface area contributed by atoms with Gasteiger partial charge in [-0.25, -0.2) is 4.79 Å². The quantitative estimate of drug-likeness (QED) is 0.730. The second-order valence-electron chi connectivity index (χ2n) is 5.18. The van der Waals surface area contributed by atoms with E-state index in [0.29, 0.717) is 26.0 Å². The van der Waals surface area contributed by atoms with Crippen LogP contribution in [0.2, 0.25) is 0 Å². The summed E-state index contributed by atoms with van der Waals surface area (Å²) in [4.78, 5) is 35.7. The van der Waals surface area contributed by atoms with Crippen LogP contribution in [0.4, 0.5) is 4.79 Å². The second-order valence-corrected chi connectivity index (χ2v) is 5.18. The topological polar surface area (TPSA) is 95.9 Å². The minimum atomic E-state index is -0.892. The molecular formula is C13H22N2O5. The standard InChI is InChI=1S/C13H22N2O5/c1-3-20-10(16)5-7-14-12(19)15-8-4-6-13(2,9-15)11(17)18/h3-9H2,1-2H3,(H,14,19)(H,17,18). The molecule has 1 heterocycles. The molecule has 2 N–H and O–H groups in total. The molecule has 0 saturated carbocycles. The molecule has 1 saturated heterocycles. The summed E-state index contributed by atoms with van der Waals surface area (Å²) in [6.07, 6.45) is 1.34. The van der Waals surface area contributed by atoms with Crippen molar-refractivity contribution in [2.45, 2.75) is 33.1 Å². The molecule has 0 aromatic heterocycles. The van der Waals surface area contributed by atoms with Gasteiger partial charge in [0.2, 0.25) is 0 Å². The average Bonchev–Trinajstić information content (AvgIpc) is 2.38. The van der Waals surface area contributed by atoms with Crippen LogP contribution in [-0.4, -0.2) is 54.2 Å². The maximum Gasteiger partial charge on any atom is 0.317 e. The van der Waals surface area contributed by atoms with Gasteiger partial charge in [0.05, 0.1) is 18.4 Å². The Bertz CT molecular complexity index is 385. The number of carboxylic acid groups (broad SMARTS) is 1. The van der Waals surface area contributed by atoms with Gasteiger partial charge < -0.3 is 20.1 Å².